The predicted octanol–water partition coefficient (Wildman–Crippen LogP) is 2.65. The molecule has 0 saturated carbocycles. The Kier molecular flexibility index (Phi) is 6.50. The zero-order valence-electron chi connectivity index (χ0n) is 18.1. The second-order valence-corrected chi connectivity index (χ2v) is 8.40. The standard InChI is InChI=1S/C22H32N6O2/c1-16-19(17(2)30-26-16)8-11-23-22(29)18-9-14-28(15-10-18)21-7-6-20(24-25-21)27-12-4-3-5-13-27/h6-7,18H,3-5,8-15H2,1-2H3,(H,23,29). The first-order valence-corrected chi connectivity index (χ1v) is 11.1. The molecule has 0 aromatic carbocycles. The summed E-state index contributed by atoms with van der Waals surface area (Å²) in [6.07, 6.45) is 6.21. The molecule has 2 fully saturated rings. The molecule has 0 radical (unpaired) electrons. The van der Waals surface area contributed by atoms with Gasteiger partial charge in [-0.15, -0.1) is 10.2 Å². The maximum Gasteiger partial charge on any atom is 0.223 e. The molecule has 0 bridgehead atoms. The van der Waals surface area contributed by atoms with Gasteiger partial charge in [0.05, 0.1) is 5.69 Å². The van der Waals surface area contributed by atoms with Crippen LogP contribution in [0.25, 0.3) is 0 Å². The lowest BCUT2D eigenvalue weighted by molar-refractivity contribution is -0.125. The minimum Gasteiger partial charge on any atom is -0.361 e. The van der Waals surface area contributed by atoms with E-state index in [2.05, 4.69) is 42.6 Å². The Labute approximate surface area is 178 Å². The van der Waals surface area contributed by atoms with Crippen LogP contribution in [0.4, 0.5) is 11.6 Å². The van der Waals surface area contributed by atoms with Gasteiger partial charge in [0.25, 0.3) is 0 Å². The SMILES string of the molecule is Cc1noc(C)c1CCNC(=O)C1CCN(c2ccc(N3CCCCC3)nn2)CC1. The third-order valence-corrected chi connectivity index (χ3v) is 6.36. The highest BCUT2D eigenvalue weighted by atomic mass is 16.5. The molecule has 1 amide bonds. The van der Waals surface area contributed by atoms with E-state index in [1.165, 1.54) is 19.3 Å². The fraction of sp³-hybridized carbons (Fsp3) is 0.636. The lowest BCUT2D eigenvalue weighted by Gasteiger charge is -2.32. The lowest BCUT2D eigenvalue weighted by Crippen LogP contribution is -2.41. The summed E-state index contributed by atoms with van der Waals surface area (Å²) < 4.78 is 5.18. The zero-order chi connectivity index (χ0) is 20.9. The number of aromatic nitrogens is 3. The van der Waals surface area contributed by atoms with E-state index in [-0.39, 0.29) is 11.8 Å². The van der Waals surface area contributed by atoms with Gasteiger partial charge in [0.15, 0.2) is 11.6 Å². The highest BCUT2D eigenvalue weighted by Gasteiger charge is 2.26. The third-order valence-electron chi connectivity index (χ3n) is 6.36. The number of nitrogens with one attached hydrogen (secondary N) is 1. The zero-order valence-corrected chi connectivity index (χ0v) is 18.1. The number of hydrogen-bond acceptors (Lipinski definition) is 7. The number of hydrogen-bond donors (Lipinski definition) is 1. The normalized spacial score (nSPS) is 17.9. The van der Waals surface area contributed by atoms with Crippen LogP contribution in [0, 0.1) is 19.8 Å². The van der Waals surface area contributed by atoms with E-state index in [4.69, 9.17) is 4.52 Å². The Morgan fingerprint density at radius 2 is 1.67 bits per heavy atom. The second-order valence-electron chi connectivity index (χ2n) is 8.40. The van der Waals surface area contributed by atoms with Crippen molar-refractivity contribution in [2.45, 2.75) is 52.4 Å². The Morgan fingerprint density at radius 3 is 2.23 bits per heavy atom. The summed E-state index contributed by atoms with van der Waals surface area (Å²) in [6.45, 7) is 8.28. The molecule has 2 aliphatic heterocycles. The van der Waals surface area contributed by atoms with Crippen molar-refractivity contribution in [3.63, 3.8) is 0 Å². The summed E-state index contributed by atoms with van der Waals surface area (Å²) in [5.41, 5.74) is 2.00. The first kappa shape index (κ1) is 20.6. The molecule has 1 N–H and O–H groups in total. The first-order valence-electron chi connectivity index (χ1n) is 11.1. The smallest absolute Gasteiger partial charge is 0.223 e. The third kappa shape index (κ3) is 4.74. The fourth-order valence-electron chi connectivity index (χ4n) is 4.46. The van der Waals surface area contributed by atoms with Crippen LogP contribution in [0.2, 0.25) is 0 Å². The van der Waals surface area contributed by atoms with E-state index in [1.54, 1.807) is 0 Å². The molecule has 2 aromatic heterocycles. The summed E-state index contributed by atoms with van der Waals surface area (Å²) in [6, 6.07) is 4.15. The van der Waals surface area contributed by atoms with E-state index in [9.17, 15) is 4.79 Å². The molecule has 0 unspecified atom stereocenters. The quantitative estimate of drug-likeness (QED) is 0.780. The van der Waals surface area contributed by atoms with Gasteiger partial charge in [-0.1, -0.05) is 5.16 Å². The molecule has 8 heteroatoms. The van der Waals surface area contributed by atoms with Crippen LogP contribution in [0.1, 0.15) is 49.1 Å². The van der Waals surface area contributed by atoms with Gasteiger partial charge in [0, 0.05) is 44.2 Å². The molecule has 30 heavy (non-hydrogen) atoms. The summed E-state index contributed by atoms with van der Waals surface area (Å²) in [7, 11) is 0. The van der Waals surface area contributed by atoms with Gasteiger partial charge < -0.3 is 19.6 Å². The van der Waals surface area contributed by atoms with Gasteiger partial charge in [-0.3, -0.25) is 4.79 Å². The van der Waals surface area contributed by atoms with Crippen LogP contribution in [0.5, 0.6) is 0 Å². The minimum atomic E-state index is 0.0616. The molecule has 2 saturated heterocycles. The maximum atomic E-state index is 12.6. The van der Waals surface area contributed by atoms with Crippen LogP contribution in [0.15, 0.2) is 16.7 Å². The van der Waals surface area contributed by atoms with E-state index in [0.717, 1.165) is 74.1 Å². The monoisotopic (exact) mass is 412 g/mol. The molecule has 0 spiro atoms. The van der Waals surface area contributed by atoms with Crippen molar-refractivity contribution in [3.05, 3.63) is 29.2 Å². The molecule has 8 nitrogen and oxygen atoms in total. The van der Waals surface area contributed by atoms with Crippen LogP contribution in [-0.2, 0) is 11.2 Å². The van der Waals surface area contributed by atoms with Gasteiger partial charge in [0.2, 0.25) is 5.91 Å². The number of carbonyl (C=O) groups excluding carboxylic acids is 1. The van der Waals surface area contributed by atoms with Gasteiger partial charge in [-0.2, -0.15) is 0 Å². The maximum absolute atomic E-state index is 12.6. The minimum absolute atomic E-state index is 0.0616. The predicted molar refractivity (Wildman–Crippen MR) is 116 cm³/mol. The number of amides is 1. The largest absolute Gasteiger partial charge is 0.361 e. The average molecular weight is 413 g/mol. The van der Waals surface area contributed by atoms with Crippen molar-refractivity contribution in [2.75, 3.05) is 42.5 Å². The Bertz CT molecular complexity index is 816. The molecule has 0 atom stereocenters. The van der Waals surface area contributed by atoms with Crippen LogP contribution >= 0.6 is 0 Å². The van der Waals surface area contributed by atoms with Crippen molar-refractivity contribution >= 4 is 17.5 Å². The topological polar surface area (TPSA) is 87.4 Å². The number of piperidine rings is 2. The molecule has 162 valence electrons. The summed E-state index contributed by atoms with van der Waals surface area (Å²) in [5, 5.41) is 16.0. The van der Waals surface area contributed by atoms with Crippen LogP contribution in [-0.4, -0.2) is 54.0 Å². The summed E-state index contributed by atoms with van der Waals surface area (Å²) >= 11 is 0. The van der Waals surface area contributed by atoms with Crippen molar-refractivity contribution in [1.29, 1.82) is 0 Å². The number of aryl methyl sites for hydroxylation is 2. The molecular formula is C22H32N6O2. The Hall–Kier alpha value is -2.64. The Morgan fingerprint density at radius 1 is 1.03 bits per heavy atom. The van der Waals surface area contributed by atoms with Gasteiger partial charge >= 0.3 is 0 Å². The van der Waals surface area contributed by atoms with E-state index < -0.39 is 0 Å². The number of nitrogens with zero attached hydrogens (tertiary/aromatic N) is 5. The number of anilines is 2. The van der Waals surface area contributed by atoms with E-state index >= 15 is 0 Å². The second kappa shape index (κ2) is 9.45. The number of carbonyl (C=O) groups is 1. The summed E-state index contributed by atoms with van der Waals surface area (Å²) in [4.78, 5) is 17.1. The molecular weight excluding hydrogens is 380 g/mol. The van der Waals surface area contributed by atoms with Gasteiger partial charge in [0.1, 0.15) is 5.76 Å². The van der Waals surface area contributed by atoms with Gasteiger partial charge in [-0.25, -0.2) is 0 Å². The molecule has 2 aliphatic rings. The fourth-order valence-corrected chi connectivity index (χ4v) is 4.46. The Balaban J connectivity index is 1.22. The lowest BCUT2D eigenvalue weighted by atomic mass is 9.96. The highest BCUT2D eigenvalue weighted by molar-refractivity contribution is 5.79. The summed E-state index contributed by atoms with van der Waals surface area (Å²) in [5.74, 6) is 2.93. The molecule has 0 aliphatic carbocycles. The average Bonchev–Trinajstić information content (AvgIpc) is 3.12. The van der Waals surface area contributed by atoms with E-state index in [0.29, 0.717) is 6.54 Å². The van der Waals surface area contributed by atoms with Crippen molar-refractivity contribution in [3.8, 4) is 0 Å². The van der Waals surface area contributed by atoms with Crippen LogP contribution < -0.4 is 15.1 Å². The van der Waals surface area contributed by atoms with Gasteiger partial charge in [-0.05, 0) is 64.5 Å². The van der Waals surface area contributed by atoms with Crippen molar-refractivity contribution in [2.24, 2.45) is 5.92 Å². The molecule has 4 rings (SSSR count). The number of rotatable bonds is 6. The van der Waals surface area contributed by atoms with Crippen LogP contribution in [0.3, 0.4) is 0 Å². The van der Waals surface area contributed by atoms with Crippen molar-refractivity contribution < 1.29 is 9.32 Å². The first-order chi connectivity index (χ1) is 14.6. The highest BCUT2D eigenvalue weighted by Crippen LogP contribution is 2.24. The molecule has 2 aromatic rings. The molecule has 4 heterocycles. The van der Waals surface area contributed by atoms with Crippen molar-refractivity contribution in [1.82, 2.24) is 20.7 Å². The van der Waals surface area contributed by atoms with E-state index in [1.807, 2.05) is 13.8 Å².